The number of carbonyl (C=O) groups excluding carboxylic acids is 1. The number of aryl methyl sites for hydroxylation is 1. The molecule has 21 heavy (non-hydrogen) atoms. The molecule has 0 aliphatic carbocycles. The molecule has 0 unspecified atom stereocenters. The standard InChI is InChI=1S/C17H22N2O2/c1-3-13-4-5-16-15(10-13)14(12-21-16)11-17(20)19-8-6-18(2)7-9-19/h4-5,10,12H,3,6-9,11H2,1-2H3. The van der Waals surface area contributed by atoms with Crippen LogP contribution in [-0.2, 0) is 17.6 Å². The number of furan rings is 1. The van der Waals surface area contributed by atoms with E-state index >= 15 is 0 Å². The Hall–Kier alpha value is -1.81. The monoisotopic (exact) mass is 286 g/mol. The number of piperazine rings is 1. The minimum absolute atomic E-state index is 0.202. The largest absolute Gasteiger partial charge is 0.464 e. The van der Waals surface area contributed by atoms with Crippen molar-refractivity contribution in [3.8, 4) is 0 Å². The van der Waals surface area contributed by atoms with Crippen LogP contribution < -0.4 is 0 Å². The van der Waals surface area contributed by atoms with Crippen LogP contribution in [0.15, 0.2) is 28.9 Å². The van der Waals surface area contributed by atoms with Crippen LogP contribution in [0, 0.1) is 0 Å². The maximum atomic E-state index is 12.4. The molecule has 0 N–H and O–H groups in total. The van der Waals surface area contributed by atoms with Crippen LogP contribution in [0.5, 0.6) is 0 Å². The van der Waals surface area contributed by atoms with Crippen molar-refractivity contribution in [3.05, 3.63) is 35.6 Å². The number of fused-ring (bicyclic) bond motifs is 1. The number of hydrogen-bond acceptors (Lipinski definition) is 3. The molecule has 1 fully saturated rings. The average Bonchev–Trinajstić information content (AvgIpc) is 2.90. The molecule has 1 saturated heterocycles. The second kappa shape index (κ2) is 5.90. The Kier molecular flexibility index (Phi) is 3.97. The molecule has 3 rings (SSSR count). The van der Waals surface area contributed by atoms with Crippen molar-refractivity contribution in [2.45, 2.75) is 19.8 Å². The maximum Gasteiger partial charge on any atom is 0.227 e. The molecule has 0 radical (unpaired) electrons. The fourth-order valence-electron chi connectivity index (χ4n) is 2.82. The Morgan fingerprint density at radius 2 is 2.00 bits per heavy atom. The first kappa shape index (κ1) is 14.1. The lowest BCUT2D eigenvalue weighted by Crippen LogP contribution is -2.47. The van der Waals surface area contributed by atoms with E-state index in [1.807, 2.05) is 11.0 Å². The van der Waals surface area contributed by atoms with Crippen molar-refractivity contribution in [1.29, 1.82) is 0 Å². The summed E-state index contributed by atoms with van der Waals surface area (Å²) in [5.41, 5.74) is 3.15. The van der Waals surface area contributed by atoms with Crippen molar-refractivity contribution in [3.63, 3.8) is 0 Å². The van der Waals surface area contributed by atoms with Gasteiger partial charge in [-0.15, -0.1) is 0 Å². The van der Waals surface area contributed by atoms with Crippen LogP contribution in [0.3, 0.4) is 0 Å². The van der Waals surface area contributed by atoms with Crippen LogP contribution in [-0.4, -0.2) is 48.9 Å². The quantitative estimate of drug-likeness (QED) is 0.869. The molecule has 4 nitrogen and oxygen atoms in total. The average molecular weight is 286 g/mol. The summed E-state index contributed by atoms with van der Waals surface area (Å²) in [6, 6.07) is 6.22. The van der Waals surface area contributed by atoms with E-state index in [0.29, 0.717) is 6.42 Å². The first-order valence-corrected chi connectivity index (χ1v) is 7.62. The SMILES string of the molecule is CCc1ccc2occ(CC(=O)N3CCN(C)CC3)c2c1. The van der Waals surface area contributed by atoms with E-state index in [9.17, 15) is 4.79 Å². The Labute approximate surface area is 125 Å². The molecule has 112 valence electrons. The van der Waals surface area contributed by atoms with Gasteiger partial charge in [0.05, 0.1) is 12.7 Å². The van der Waals surface area contributed by atoms with E-state index < -0.39 is 0 Å². The van der Waals surface area contributed by atoms with Crippen LogP contribution in [0.4, 0.5) is 0 Å². The highest BCUT2D eigenvalue weighted by Gasteiger charge is 2.20. The highest BCUT2D eigenvalue weighted by molar-refractivity contribution is 5.88. The highest BCUT2D eigenvalue weighted by atomic mass is 16.3. The number of amides is 1. The minimum Gasteiger partial charge on any atom is -0.464 e. The van der Waals surface area contributed by atoms with Gasteiger partial charge < -0.3 is 14.2 Å². The molecule has 1 aliphatic heterocycles. The summed E-state index contributed by atoms with van der Waals surface area (Å²) in [6.07, 6.45) is 3.16. The molecule has 0 spiro atoms. The number of likely N-dealkylation sites (N-methyl/N-ethyl adjacent to an activating group) is 1. The van der Waals surface area contributed by atoms with Gasteiger partial charge in [-0.3, -0.25) is 4.79 Å². The van der Waals surface area contributed by atoms with Gasteiger partial charge in [0.2, 0.25) is 5.91 Å². The van der Waals surface area contributed by atoms with Gasteiger partial charge in [-0.25, -0.2) is 0 Å². The van der Waals surface area contributed by atoms with Gasteiger partial charge in [0.1, 0.15) is 5.58 Å². The molecule has 1 aliphatic rings. The van der Waals surface area contributed by atoms with Crippen molar-refractivity contribution < 1.29 is 9.21 Å². The van der Waals surface area contributed by atoms with Gasteiger partial charge in [0.15, 0.2) is 0 Å². The summed E-state index contributed by atoms with van der Waals surface area (Å²) < 4.78 is 5.57. The van der Waals surface area contributed by atoms with Gasteiger partial charge in [0, 0.05) is 37.1 Å². The third-order valence-electron chi connectivity index (χ3n) is 4.32. The Morgan fingerprint density at radius 1 is 1.24 bits per heavy atom. The summed E-state index contributed by atoms with van der Waals surface area (Å²) in [7, 11) is 2.09. The topological polar surface area (TPSA) is 36.7 Å². The molecule has 1 aromatic carbocycles. The second-order valence-corrected chi connectivity index (χ2v) is 5.81. The van der Waals surface area contributed by atoms with Crippen molar-refractivity contribution in [1.82, 2.24) is 9.80 Å². The normalized spacial score (nSPS) is 16.6. The number of carbonyl (C=O) groups is 1. The summed E-state index contributed by atoms with van der Waals surface area (Å²) in [5.74, 6) is 0.202. The van der Waals surface area contributed by atoms with E-state index in [1.54, 1.807) is 6.26 Å². The van der Waals surface area contributed by atoms with Crippen LogP contribution in [0.1, 0.15) is 18.1 Å². The molecular formula is C17H22N2O2. The van der Waals surface area contributed by atoms with Crippen LogP contribution in [0.2, 0.25) is 0 Å². The third-order valence-corrected chi connectivity index (χ3v) is 4.32. The van der Waals surface area contributed by atoms with E-state index in [2.05, 4.69) is 31.0 Å². The van der Waals surface area contributed by atoms with Gasteiger partial charge in [-0.05, 0) is 31.2 Å². The van der Waals surface area contributed by atoms with Gasteiger partial charge in [0.25, 0.3) is 0 Å². The lowest BCUT2D eigenvalue weighted by molar-refractivity contribution is -0.132. The van der Waals surface area contributed by atoms with Crippen molar-refractivity contribution >= 4 is 16.9 Å². The Morgan fingerprint density at radius 3 is 2.71 bits per heavy atom. The fourth-order valence-corrected chi connectivity index (χ4v) is 2.82. The highest BCUT2D eigenvalue weighted by Crippen LogP contribution is 2.24. The Balaban J connectivity index is 1.76. The maximum absolute atomic E-state index is 12.4. The molecule has 0 saturated carbocycles. The van der Waals surface area contributed by atoms with E-state index in [1.165, 1.54) is 5.56 Å². The summed E-state index contributed by atoms with van der Waals surface area (Å²) in [4.78, 5) is 16.7. The minimum atomic E-state index is 0.202. The molecule has 4 heteroatoms. The first-order valence-electron chi connectivity index (χ1n) is 7.62. The number of nitrogens with zero attached hydrogens (tertiary/aromatic N) is 2. The fraction of sp³-hybridized carbons (Fsp3) is 0.471. The summed E-state index contributed by atoms with van der Waals surface area (Å²) in [5, 5.41) is 1.08. The number of benzene rings is 1. The summed E-state index contributed by atoms with van der Waals surface area (Å²) in [6.45, 7) is 5.70. The zero-order valence-corrected chi connectivity index (χ0v) is 12.8. The summed E-state index contributed by atoms with van der Waals surface area (Å²) >= 11 is 0. The molecule has 0 bridgehead atoms. The lowest BCUT2D eigenvalue weighted by atomic mass is 10.1. The van der Waals surface area contributed by atoms with Gasteiger partial charge in [-0.1, -0.05) is 13.0 Å². The number of hydrogen-bond donors (Lipinski definition) is 0. The lowest BCUT2D eigenvalue weighted by Gasteiger charge is -2.32. The zero-order chi connectivity index (χ0) is 14.8. The Bertz CT molecular complexity index is 639. The molecule has 1 amide bonds. The van der Waals surface area contributed by atoms with Crippen molar-refractivity contribution in [2.24, 2.45) is 0 Å². The third kappa shape index (κ3) is 2.95. The van der Waals surface area contributed by atoms with E-state index in [-0.39, 0.29) is 5.91 Å². The molecule has 1 aromatic heterocycles. The van der Waals surface area contributed by atoms with E-state index in [0.717, 1.165) is 49.1 Å². The van der Waals surface area contributed by atoms with Crippen LogP contribution >= 0.6 is 0 Å². The molecule has 2 heterocycles. The molecule has 2 aromatic rings. The molecular weight excluding hydrogens is 264 g/mol. The zero-order valence-electron chi connectivity index (χ0n) is 12.8. The molecule has 0 atom stereocenters. The van der Waals surface area contributed by atoms with Crippen LogP contribution in [0.25, 0.3) is 11.0 Å². The van der Waals surface area contributed by atoms with Crippen molar-refractivity contribution in [2.75, 3.05) is 33.2 Å². The smallest absolute Gasteiger partial charge is 0.227 e. The number of rotatable bonds is 3. The predicted octanol–water partition coefficient (Wildman–Crippen LogP) is 2.31. The predicted molar refractivity (Wildman–Crippen MR) is 83.4 cm³/mol. The first-order chi connectivity index (χ1) is 10.2. The second-order valence-electron chi connectivity index (χ2n) is 5.81. The van der Waals surface area contributed by atoms with Gasteiger partial charge >= 0.3 is 0 Å². The van der Waals surface area contributed by atoms with Gasteiger partial charge in [-0.2, -0.15) is 0 Å². The van der Waals surface area contributed by atoms with E-state index in [4.69, 9.17) is 4.42 Å².